The Morgan fingerprint density at radius 1 is 0.212 bits per heavy atom. The van der Waals surface area contributed by atoms with E-state index in [2.05, 4.69) is 0 Å². The van der Waals surface area contributed by atoms with Crippen molar-refractivity contribution in [1.82, 2.24) is 0 Å². The van der Waals surface area contributed by atoms with Gasteiger partial charge in [0, 0.05) is 0 Å². The van der Waals surface area contributed by atoms with Crippen LogP contribution in [-0.2, 0) is 0 Å². The van der Waals surface area contributed by atoms with Gasteiger partial charge in [-0.2, -0.15) is 0 Å². The molecule has 0 amide bonds. The van der Waals surface area contributed by atoms with Gasteiger partial charge in [0.2, 0.25) is 0 Å². The molecule has 0 aliphatic heterocycles. The van der Waals surface area contributed by atoms with E-state index in [1.54, 1.807) is 0 Å². The predicted molar refractivity (Wildman–Crippen MR) is 93.8 cm³/mol. The average Bonchev–Trinajstić information content (AvgIpc) is 2.30. The first kappa shape index (κ1) is 56.7. The molecule has 16 N–H and O–H groups in total. The molecule has 33 heavy (non-hydrogen) atoms. The molecule has 0 fully saturated rings. The van der Waals surface area contributed by atoms with Crippen LogP contribution in [0.3, 0.4) is 0 Å². The maximum atomic E-state index is 8.56. The molecule has 0 aliphatic rings. The van der Waals surface area contributed by atoms with Crippen LogP contribution in [0.15, 0.2) is 0 Å². The topological polar surface area (TPSA) is 460 Å². The van der Waals surface area contributed by atoms with Crippen molar-refractivity contribution in [1.29, 1.82) is 0 Å². The van der Waals surface area contributed by atoms with Crippen molar-refractivity contribution in [3.05, 3.63) is 0 Å². The summed E-state index contributed by atoms with van der Waals surface area (Å²) in [6, 6.07) is 0. The summed E-state index contributed by atoms with van der Waals surface area (Å²) in [6.45, 7) is 0. The Morgan fingerprint density at radius 2 is 0.212 bits per heavy atom. The van der Waals surface area contributed by atoms with Gasteiger partial charge >= 0.3 is 87.0 Å². The molecule has 0 aliphatic carbocycles. The van der Waals surface area contributed by atoms with Crippen molar-refractivity contribution in [3.8, 4) is 0 Å². The second kappa shape index (κ2) is 50.7. The van der Waals surface area contributed by atoms with Crippen LogP contribution >= 0.6 is 0 Å². The fourth-order valence-corrected chi connectivity index (χ4v) is 0. The van der Waals surface area contributed by atoms with Crippen molar-refractivity contribution in [2.24, 2.45) is 0 Å². The van der Waals surface area contributed by atoms with Crippen LogP contribution in [0.25, 0.3) is 0 Å². The third kappa shape index (κ3) is 845. The van der Waals surface area contributed by atoms with Gasteiger partial charge in [0.25, 0.3) is 0 Å². The molecular formula is C8H18CaO24. The molecule has 0 spiro atoms. The number of hydrogen-bond acceptors (Lipinski definition) is 8. The van der Waals surface area contributed by atoms with Crippen molar-refractivity contribution < 1.29 is 120 Å². The van der Waals surface area contributed by atoms with Crippen LogP contribution in [0.4, 0.5) is 38.4 Å². The molecule has 196 valence electrons. The summed E-state index contributed by atoms with van der Waals surface area (Å²) < 4.78 is 0. The Labute approximate surface area is 206 Å². The molecule has 0 aromatic rings. The van der Waals surface area contributed by atoms with Crippen molar-refractivity contribution in [3.63, 3.8) is 0 Å². The molecule has 0 saturated heterocycles. The van der Waals surface area contributed by atoms with E-state index in [9.17, 15) is 0 Å². The molecule has 0 aromatic carbocycles. The SMILES string of the molecule is O=C(O)O.O=C(O)O.O=C(O)O.O=C(O)O.O=C(O)O.O=C(O)O.O=C(O)O.O=C(O)O.[CaH2]. The fraction of sp³-hybridized carbons (Fsp3) is 0. The van der Waals surface area contributed by atoms with Crippen LogP contribution in [0.1, 0.15) is 0 Å². The molecule has 0 radical (unpaired) electrons. The molecule has 0 atom stereocenters. The second-order valence-corrected chi connectivity index (χ2v) is 2.26. The summed E-state index contributed by atoms with van der Waals surface area (Å²) in [5.74, 6) is 0. The zero-order valence-electron chi connectivity index (χ0n) is 14.4. The summed E-state index contributed by atoms with van der Waals surface area (Å²) in [5, 5.41) is 112. The van der Waals surface area contributed by atoms with Crippen molar-refractivity contribution in [2.45, 2.75) is 0 Å². The maximum absolute atomic E-state index is 8.56. The normalized spacial score (nSPS) is 5.82. The molecule has 0 rings (SSSR count). The molecule has 0 saturated carbocycles. The standard InChI is InChI=1S/8CH2O3.Ca.2H/c8*2-1(3)4;;;/h8*(H2,2,3,4);;;. The molecular weight excluding hydrogens is 520 g/mol. The minimum absolute atomic E-state index is 0. The summed E-state index contributed by atoms with van der Waals surface area (Å²) in [4.78, 5) is 68.4. The average molecular weight is 538 g/mol. The monoisotopic (exact) mass is 538 g/mol. The number of carboxylic acid groups (broad SMARTS) is 16. The Balaban J connectivity index is -0.0000000284. The molecule has 0 aromatic heterocycles. The Morgan fingerprint density at radius 3 is 0.212 bits per heavy atom. The van der Waals surface area contributed by atoms with Gasteiger partial charge in [0.05, 0.1) is 0 Å². The number of carbonyl (C=O) groups is 8. The number of hydrogen-bond donors (Lipinski definition) is 16. The van der Waals surface area contributed by atoms with Gasteiger partial charge in [-0.05, 0) is 0 Å². The molecule has 0 unspecified atom stereocenters. The van der Waals surface area contributed by atoms with E-state index in [0.29, 0.717) is 0 Å². The first-order chi connectivity index (χ1) is 13.9. The van der Waals surface area contributed by atoms with Crippen molar-refractivity contribution in [2.75, 3.05) is 0 Å². The van der Waals surface area contributed by atoms with Gasteiger partial charge < -0.3 is 81.7 Å². The molecule has 25 heteroatoms. The summed E-state index contributed by atoms with van der Waals surface area (Å²) in [6.07, 6.45) is -14.7. The Hall–Kier alpha value is -4.58. The van der Waals surface area contributed by atoms with Crippen LogP contribution in [-0.4, -0.2) is 169 Å². The molecule has 0 bridgehead atoms. The Bertz CT molecular complexity index is 361. The third-order valence-electron chi connectivity index (χ3n) is 0. The van der Waals surface area contributed by atoms with Crippen LogP contribution < -0.4 is 0 Å². The van der Waals surface area contributed by atoms with E-state index in [1.807, 2.05) is 0 Å². The van der Waals surface area contributed by atoms with E-state index in [0.717, 1.165) is 0 Å². The summed E-state index contributed by atoms with van der Waals surface area (Å²) >= 11 is 0. The van der Waals surface area contributed by atoms with Crippen LogP contribution in [0.2, 0.25) is 0 Å². The quantitative estimate of drug-likeness (QED) is 0.190. The fourth-order valence-electron chi connectivity index (χ4n) is 0. The van der Waals surface area contributed by atoms with Gasteiger partial charge in [-0.25, -0.2) is 38.4 Å². The van der Waals surface area contributed by atoms with Gasteiger partial charge in [0.15, 0.2) is 0 Å². The van der Waals surface area contributed by atoms with E-state index in [4.69, 9.17) is 120 Å². The third-order valence-corrected chi connectivity index (χ3v) is 0. The van der Waals surface area contributed by atoms with E-state index in [1.165, 1.54) is 0 Å². The zero-order chi connectivity index (χ0) is 28.6. The first-order valence-electron chi connectivity index (χ1n) is 5.21. The van der Waals surface area contributed by atoms with E-state index in [-0.39, 0.29) is 37.7 Å². The zero-order valence-corrected chi connectivity index (χ0v) is 14.4. The minimum atomic E-state index is -1.83. The molecule has 0 heterocycles. The van der Waals surface area contributed by atoms with Crippen LogP contribution in [0.5, 0.6) is 0 Å². The summed E-state index contributed by atoms with van der Waals surface area (Å²) in [5.41, 5.74) is 0. The predicted octanol–water partition coefficient (Wildman–Crippen LogP) is 0.863. The van der Waals surface area contributed by atoms with Gasteiger partial charge in [0.1, 0.15) is 0 Å². The Kier molecular flexibility index (Phi) is 87.1. The second-order valence-electron chi connectivity index (χ2n) is 2.26. The molecule has 24 nitrogen and oxygen atoms in total. The van der Waals surface area contributed by atoms with Crippen LogP contribution in [0, 0.1) is 0 Å². The van der Waals surface area contributed by atoms with Gasteiger partial charge in [-0.3, -0.25) is 0 Å². The number of rotatable bonds is 0. The van der Waals surface area contributed by atoms with E-state index >= 15 is 0 Å². The van der Waals surface area contributed by atoms with Crippen molar-refractivity contribution >= 4 is 87.0 Å². The van der Waals surface area contributed by atoms with Gasteiger partial charge in [-0.1, -0.05) is 0 Å². The van der Waals surface area contributed by atoms with Gasteiger partial charge in [-0.15, -0.1) is 0 Å². The summed E-state index contributed by atoms with van der Waals surface area (Å²) in [7, 11) is 0. The van der Waals surface area contributed by atoms with E-state index < -0.39 is 49.2 Å². The first-order valence-corrected chi connectivity index (χ1v) is 5.21.